The highest BCUT2D eigenvalue weighted by Crippen LogP contribution is 2.41. The Kier molecular flexibility index (Phi) is 3.19. The van der Waals surface area contributed by atoms with Gasteiger partial charge in [-0.05, 0) is 62.0 Å². The molecule has 2 aliphatic heterocycles. The van der Waals surface area contributed by atoms with Gasteiger partial charge < -0.3 is 9.47 Å². The number of ether oxygens (including phenoxy) is 2. The van der Waals surface area contributed by atoms with E-state index in [9.17, 15) is 0 Å². The van der Waals surface area contributed by atoms with Gasteiger partial charge in [0.15, 0.2) is 0 Å². The van der Waals surface area contributed by atoms with E-state index < -0.39 is 0 Å². The first-order chi connectivity index (χ1) is 10.7. The summed E-state index contributed by atoms with van der Waals surface area (Å²) in [5.41, 5.74) is 6.11. The molecular weight excluding hydrogens is 274 g/mol. The molecule has 0 spiro atoms. The minimum atomic E-state index is 0.322. The van der Waals surface area contributed by atoms with Crippen molar-refractivity contribution in [2.45, 2.75) is 45.3 Å². The first-order valence-electron chi connectivity index (χ1n) is 7.96. The number of hydrogen-bond donors (Lipinski definition) is 0. The maximum atomic E-state index is 6.01. The third-order valence-electron chi connectivity index (χ3n) is 4.97. The molecule has 2 aliphatic rings. The average Bonchev–Trinajstić information content (AvgIpc) is 2.93. The second kappa shape index (κ2) is 5.10. The van der Waals surface area contributed by atoms with Crippen molar-refractivity contribution >= 4 is 16.5 Å². The number of methoxy groups -OCH3 is 1. The number of aryl methyl sites for hydroxylation is 1. The summed E-state index contributed by atoms with van der Waals surface area (Å²) in [5.74, 6) is 0.901. The molecule has 0 aliphatic carbocycles. The van der Waals surface area contributed by atoms with Crippen molar-refractivity contribution in [1.82, 2.24) is 4.98 Å². The van der Waals surface area contributed by atoms with Crippen LogP contribution in [-0.4, -0.2) is 24.3 Å². The number of aromatic nitrogens is 1. The molecule has 2 atom stereocenters. The largest absolute Gasteiger partial charge is 0.496 e. The molecule has 2 bridgehead atoms. The van der Waals surface area contributed by atoms with E-state index in [1.807, 2.05) is 13.0 Å². The summed E-state index contributed by atoms with van der Waals surface area (Å²) < 4.78 is 11.6. The summed E-state index contributed by atoms with van der Waals surface area (Å²) in [6.45, 7) is 4.22. The summed E-state index contributed by atoms with van der Waals surface area (Å²) in [6.07, 6.45) is 4.09. The van der Waals surface area contributed by atoms with E-state index in [4.69, 9.17) is 9.47 Å². The number of nitrogens with zero attached hydrogens (tertiary/aromatic N) is 1. The summed E-state index contributed by atoms with van der Waals surface area (Å²) >= 11 is 0. The van der Waals surface area contributed by atoms with Crippen molar-refractivity contribution in [1.29, 1.82) is 0 Å². The number of hydrogen-bond acceptors (Lipinski definition) is 3. The molecule has 4 rings (SSSR count). The van der Waals surface area contributed by atoms with Gasteiger partial charge >= 0.3 is 0 Å². The van der Waals surface area contributed by atoms with Gasteiger partial charge in [0.1, 0.15) is 5.75 Å². The normalized spacial score (nSPS) is 24.1. The van der Waals surface area contributed by atoms with Crippen molar-refractivity contribution in [2.75, 3.05) is 7.11 Å². The maximum Gasteiger partial charge on any atom is 0.130 e. The standard InChI is InChI=1S/C19H21NO2/c1-11-8-19(21-3)16-9-13(4-6-17(16)20-11)15-10-14-5-7-18(22-14)12(15)2/h4,6,8-9,14,18H,5,7,10H2,1-3H3/t14-,18?/m1/s1. The van der Waals surface area contributed by atoms with Gasteiger partial charge in [-0.3, -0.25) is 4.98 Å². The molecule has 3 heteroatoms. The van der Waals surface area contributed by atoms with E-state index in [1.54, 1.807) is 7.11 Å². The van der Waals surface area contributed by atoms with Crippen LogP contribution in [0.4, 0.5) is 0 Å². The zero-order valence-corrected chi connectivity index (χ0v) is 13.3. The molecule has 0 radical (unpaired) electrons. The summed E-state index contributed by atoms with van der Waals surface area (Å²) in [6, 6.07) is 8.53. The van der Waals surface area contributed by atoms with Crippen molar-refractivity contribution in [2.24, 2.45) is 0 Å². The Morgan fingerprint density at radius 3 is 2.86 bits per heavy atom. The van der Waals surface area contributed by atoms with Crippen LogP contribution in [0.25, 0.3) is 16.5 Å². The Labute approximate surface area is 131 Å². The predicted molar refractivity (Wildman–Crippen MR) is 88.1 cm³/mol. The Morgan fingerprint density at radius 1 is 1.18 bits per heavy atom. The van der Waals surface area contributed by atoms with Crippen LogP contribution < -0.4 is 4.74 Å². The molecule has 1 aromatic carbocycles. The number of fused-ring (bicyclic) bond motifs is 3. The average molecular weight is 295 g/mol. The Balaban J connectivity index is 1.86. The third kappa shape index (κ3) is 2.12. The van der Waals surface area contributed by atoms with Gasteiger partial charge in [-0.1, -0.05) is 6.07 Å². The van der Waals surface area contributed by atoms with E-state index in [-0.39, 0.29) is 0 Å². The van der Waals surface area contributed by atoms with Gasteiger partial charge in [0.2, 0.25) is 0 Å². The van der Waals surface area contributed by atoms with E-state index in [2.05, 4.69) is 30.1 Å². The SMILES string of the molecule is COc1cc(C)nc2ccc(C3=C(C)C4CC[C@H](C3)O4)cc12. The maximum absolute atomic E-state index is 6.01. The minimum absolute atomic E-state index is 0.322. The quantitative estimate of drug-likeness (QED) is 0.829. The van der Waals surface area contributed by atoms with E-state index in [0.29, 0.717) is 12.2 Å². The number of pyridine rings is 1. The summed E-state index contributed by atoms with van der Waals surface area (Å²) in [5, 5.41) is 1.09. The first kappa shape index (κ1) is 13.8. The highest BCUT2D eigenvalue weighted by Gasteiger charge is 2.33. The van der Waals surface area contributed by atoms with Crippen molar-refractivity contribution < 1.29 is 9.47 Å². The van der Waals surface area contributed by atoms with E-state index in [0.717, 1.165) is 35.2 Å². The molecule has 1 fully saturated rings. The zero-order valence-electron chi connectivity index (χ0n) is 13.3. The molecule has 22 heavy (non-hydrogen) atoms. The second-order valence-corrected chi connectivity index (χ2v) is 6.39. The highest BCUT2D eigenvalue weighted by atomic mass is 16.5. The topological polar surface area (TPSA) is 31.4 Å². The fourth-order valence-corrected chi connectivity index (χ4v) is 3.78. The molecule has 3 heterocycles. The second-order valence-electron chi connectivity index (χ2n) is 6.39. The molecule has 0 saturated carbocycles. The molecular formula is C19H21NO2. The van der Waals surface area contributed by atoms with Gasteiger partial charge in [0.05, 0.1) is 24.8 Å². The molecule has 2 aromatic rings. The van der Waals surface area contributed by atoms with E-state index in [1.165, 1.54) is 23.1 Å². The van der Waals surface area contributed by atoms with Crippen molar-refractivity contribution in [3.05, 3.63) is 41.1 Å². The van der Waals surface area contributed by atoms with Crippen LogP contribution in [0.15, 0.2) is 29.8 Å². The Bertz CT molecular complexity index is 778. The summed E-state index contributed by atoms with van der Waals surface area (Å²) in [7, 11) is 1.72. The minimum Gasteiger partial charge on any atom is -0.496 e. The van der Waals surface area contributed by atoms with Crippen LogP contribution in [0, 0.1) is 6.92 Å². The lowest BCUT2D eigenvalue weighted by Crippen LogP contribution is -2.19. The predicted octanol–water partition coefficient (Wildman–Crippen LogP) is 4.28. The molecule has 1 unspecified atom stereocenters. The van der Waals surface area contributed by atoms with Gasteiger partial charge in [-0.25, -0.2) is 0 Å². The van der Waals surface area contributed by atoms with Gasteiger partial charge in [0.25, 0.3) is 0 Å². The smallest absolute Gasteiger partial charge is 0.130 e. The Hall–Kier alpha value is -1.87. The lowest BCUT2D eigenvalue weighted by molar-refractivity contribution is 0.0599. The van der Waals surface area contributed by atoms with Crippen LogP contribution in [0.1, 0.15) is 37.4 Å². The lowest BCUT2D eigenvalue weighted by atomic mass is 9.92. The fourth-order valence-electron chi connectivity index (χ4n) is 3.78. The van der Waals surface area contributed by atoms with Crippen LogP contribution >= 0.6 is 0 Å². The van der Waals surface area contributed by atoms with Crippen LogP contribution in [0.5, 0.6) is 5.75 Å². The monoisotopic (exact) mass is 295 g/mol. The van der Waals surface area contributed by atoms with Crippen LogP contribution in [-0.2, 0) is 4.74 Å². The van der Waals surface area contributed by atoms with Crippen LogP contribution in [0.2, 0.25) is 0 Å². The van der Waals surface area contributed by atoms with Gasteiger partial charge in [-0.2, -0.15) is 0 Å². The van der Waals surface area contributed by atoms with Gasteiger partial charge in [0, 0.05) is 17.1 Å². The number of benzene rings is 1. The first-order valence-corrected chi connectivity index (χ1v) is 7.96. The summed E-state index contributed by atoms with van der Waals surface area (Å²) in [4.78, 5) is 4.61. The number of rotatable bonds is 2. The third-order valence-corrected chi connectivity index (χ3v) is 4.97. The Morgan fingerprint density at radius 2 is 2.05 bits per heavy atom. The molecule has 0 N–H and O–H groups in total. The van der Waals surface area contributed by atoms with Gasteiger partial charge in [-0.15, -0.1) is 0 Å². The lowest BCUT2D eigenvalue weighted by Gasteiger charge is -2.25. The molecule has 114 valence electrons. The molecule has 1 saturated heterocycles. The molecule has 3 nitrogen and oxygen atoms in total. The van der Waals surface area contributed by atoms with E-state index >= 15 is 0 Å². The van der Waals surface area contributed by atoms with Crippen molar-refractivity contribution in [3.63, 3.8) is 0 Å². The van der Waals surface area contributed by atoms with Crippen LogP contribution in [0.3, 0.4) is 0 Å². The zero-order chi connectivity index (χ0) is 15.3. The van der Waals surface area contributed by atoms with Crippen molar-refractivity contribution in [3.8, 4) is 5.75 Å². The molecule has 0 amide bonds. The molecule has 1 aromatic heterocycles. The fraction of sp³-hybridized carbons (Fsp3) is 0.421. The highest BCUT2D eigenvalue weighted by molar-refractivity contribution is 5.89.